The number of rotatable bonds is 4. The standard InChI is InChI=1S/C16H16BrN5/c1-11-3-4-14(17)9-13(11)10-18-15-5-6-16(20-19-15)22-8-7-12(2)21-22/h3-9H,10H2,1-2H3,(H,18,19). The minimum atomic E-state index is 0.706. The summed E-state index contributed by atoms with van der Waals surface area (Å²) in [6.45, 7) is 4.75. The van der Waals surface area contributed by atoms with E-state index in [4.69, 9.17) is 0 Å². The van der Waals surface area contributed by atoms with Crippen LogP contribution in [0.2, 0.25) is 0 Å². The second-order valence-electron chi connectivity index (χ2n) is 5.10. The van der Waals surface area contributed by atoms with E-state index in [0.29, 0.717) is 12.4 Å². The van der Waals surface area contributed by atoms with Crippen molar-refractivity contribution in [2.24, 2.45) is 0 Å². The molecule has 0 amide bonds. The highest BCUT2D eigenvalue weighted by Crippen LogP contribution is 2.17. The zero-order chi connectivity index (χ0) is 15.5. The van der Waals surface area contributed by atoms with Gasteiger partial charge in [0.2, 0.25) is 0 Å². The second-order valence-corrected chi connectivity index (χ2v) is 6.02. The van der Waals surface area contributed by atoms with E-state index in [1.54, 1.807) is 4.68 Å². The SMILES string of the molecule is Cc1ccn(-c2ccc(NCc3cc(Br)ccc3C)nn2)n1. The largest absolute Gasteiger partial charge is 0.364 e. The van der Waals surface area contributed by atoms with Crippen molar-refractivity contribution >= 4 is 21.7 Å². The first kappa shape index (κ1) is 14.7. The molecule has 0 saturated heterocycles. The Balaban J connectivity index is 1.70. The summed E-state index contributed by atoms with van der Waals surface area (Å²) in [6.07, 6.45) is 1.87. The van der Waals surface area contributed by atoms with E-state index in [2.05, 4.69) is 55.6 Å². The quantitative estimate of drug-likeness (QED) is 0.774. The van der Waals surface area contributed by atoms with Gasteiger partial charge in [-0.15, -0.1) is 10.2 Å². The van der Waals surface area contributed by atoms with Crippen molar-refractivity contribution in [3.63, 3.8) is 0 Å². The van der Waals surface area contributed by atoms with Crippen molar-refractivity contribution in [1.82, 2.24) is 20.0 Å². The van der Waals surface area contributed by atoms with Crippen LogP contribution >= 0.6 is 15.9 Å². The molecule has 5 nitrogen and oxygen atoms in total. The highest BCUT2D eigenvalue weighted by atomic mass is 79.9. The Morgan fingerprint density at radius 3 is 2.64 bits per heavy atom. The smallest absolute Gasteiger partial charge is 0.175 e. The van der Waals surface area contributed by atoms with Crippen LogP contribution < -0.4 is 5.32 Å². The number of halogens is 1. The molecule has 0 aliphatic heterocycles. The van der Waals surface area contributed by atoms with Crippen LogP contribution in [0.4, 0.5) is 5.82 Å². The Bertz CT molecular complexity index is 779. The molecule has 2 aromatic heterocycles. The zero-order valence-electron chi connectivity index (χ0n) is 12.4. The average molecular weight is 358 g/mol. The number of hydrogen-bond acceptors (Lipinski definition) is 4. The average Bonchev–Trinajstić information content (AvgIpc) is 2.95. The summed E-state index contributed by atoms with van der Waals surface area (Å²) in [5, 5.41) is 16.0. The Kier molecular flexibility index (Phi) is 4.20. The minimum absolute atomic E-state index is 0.706. The molecule has 0 bridgehead atoms. The van der Waals surface area contributed by atoms with Gasteiger partial charge in [0.1, 0.15) is 5.82 Å². The molecule has 0 unspecified atom stereocenters. The molecule has 0 aliphatic carbocycles. The molecule has 0 aliphatic rings. The predicted molar refractivity (Wildman–Crippen MR) is 90.1 cm³/mol. The molecule has 112 valence electrons. The van der Waals surface area contributed by atoms with Crippen LogP contribution in [-0.4, -0.2) is 20.0 Å². The van der Waals surface area contributed by atoms with Gasteiger partial charge >= 0.3 is 0 Å². The van der Waals surface area contributed by atoms with Gasteiger partial charge in [-0.2, -0.15) is 5.10 Å². The van der Waals surface area contributed by atoms with Crippen molar-refractivity contribution < 1.29 is 0 Å². The van der Waals surface area contributed by atoms with Gasteiger partial charge in [-0.3, -0.25) is 0 Å². The summed E-state index contributed by atoms with van der Waals surface area (Å²) in [7, 11) is 0. The number of aryl methyl sites for hydroxylation is 2. The van der Waals surface area contributed by atoms with E-state index >= 15 is 0 Å². The fraction of sp³-hybridized carbons (Fsp3) is 0.188. The summed E-state index contributed by atoms with van der Waals surface area (Å²) in [6, 6.07) is 12.0. The van der Waals surface area contributed by atoms with Crippen LogP contribution in [0.3, 0.4) is 0 Å². The van der Waals surface area contributed by atoms with Crippen LogP contribution in [0.25, 0.3) is 5.82 Å². The lowest BCUT2D eigenvalue weighted by Gasteiger charge is -2.09. The summed E-state index contributed by atoms with van der Waals surface area (Å²) >= 11 is 3.49. The van der Waals surface area contributed by atoms with Crippen molar-refractivity contribution in [3.8, 4) is 5.82 Å². The van der Waals surface area contributed by atoms with Crippen molar-refractivity contribution in [2.45, 2.75) is 20.4 Å². The molecule has 22 heavy (non-hydrogen) atoms. The molecule has 2 heterocycles. The number of anilines is 1. The van der Waals surface area contributed by atoms with Gasteiger partial charge in [0, 0.05) is 17.2 Å². The van der Waals surface area contributed by atoms with Crippen molar-refractivity contribution in [3.05, 3.63) is 63.9 Å². The van der Waals surface area contributed by atoms with Crippen LogP contribution in [0, 0.1) is 13.8 Å². The van der Waals surface area contributed by atoms with Crippen LogP contribution in [0.15, 0.2) is 47.1 Å². The molecule has 6 heteroatoms. The lowest BCUT2D eigenvalue weighted by Crippen LogP contribution is -2.06. The maximum atomic E-state index is 4.31. The van der Waals surface area contributed by atoms with E-state index in [1.165, 1.54) is 11.1 Å². The summed E-state index contributed by atoms with van der Waals surface area (Å²) in [5.41, 5.74) is 3.42. The van der Waals surface area contributed by atoms with E-state index in [9.17, 15) is 0 Å². The van der Waals surface area contributed by atoms with Gasteiger partial charge in [0.15, 0.2) is 5.82 Å². The summed E-state index contributed by atoms with van der Waals surface area (Å²) in [5.74, 6) is 1.45. The van der Waals surface area contributed by atoms with E-state index < -0.39 is 0 Å². The first-order valence-corrected chi connectivity index (χ1v) is 7.76. The number of aromatic nitrogens is 4. The maximum absolute atomic E-state index is 4.31. The van der Waals surface area contributed by atoms with E-state index in [0.717, 1.165) is 16.0 Å². The molecule has 0 radical (unpaired) electrons. The molecular formula is C16H16BrN5. The summed E-state index contributed by atoms with van der Waals surface area (Å²) in [4.78, 5) is 0. The third-order valence-corrected chi connectivity index (χ3v) is 3.87. The fourth-order valence-corrected chi connectivity index (χ4v) is 2.51. The fourth-order valence-electron chi connectivity index (χ4n) is 2.10. The molecule has 3 rings (SSSR count). The van der Waals surface area contributed by atoms with E-state index in [-0.39, 0.29) is 0 Å². The second kappa shape index (κ2) is 6.27. The highest BCUT2D eigenvalue weighted by molar-refractivity contribution is 9.10. The number of hydrogen-bond donors (Lipinski definition) is 1. The molecular weight excluding hydrogens is 342 g/mol. The Labute approximate surface area is 137 Å². The third-order valence-electron chi connectivity index (χ3n) is 3.38. The van der Waals surface area contributed by atoms with E-state index in [1.807, 2.05) is 37.4 Å². The third kappa shape index (κ3) is 3.33. The zero-order valence-corrected chi connectivity index (χ0v) is 14.0. The molecule has 0 spiro atoms. The van der Waals surface area contributed by atoms with Gasteiger partial charge in [-0.1, -0.05) is 22.0 Å². The van der Waals surface area contributed by atoms with Crippen LogP contribution in [0.1, 0.15) is 16.8 Å². The lowest BCUT2D eigenvalue weighted by atomic mass is 10.1. The first-order chi connectivity index (χ1) is 10.6. The Hall–Kier alpha value is -2.21. The maximum Gasteiger partial charge on any atom is 0.175 e. The van der Waals surface area contributed by atoms with Crippen LogP contribution in [-0.2, 0) is 6.54 Å². The normalized spacial score (nSPS) is 10.7. The summed E-state index contributed by atoms with van der Waals surface area (Å²) < 4.78 is 2.79. The van der Waals surface area contributed by atoms with Gasteiger partial charge in [0.05, 0.1) is 5.69 Å². The number of nitrogens with one attached hydrogen (secondary N) is 1. The van der Waals surface area contributed by atoms with Gasteiger partial charge in [-0.05, 0) is 55.3 Å². The van der Waals surface area contributed by atoms with Gasteiger partial charge in [-0.25, -0.2) is 4.68 Å². The van der Waals surface area contributed by atoms with Gasteiger partial charge < -0.3 is 5.32 Å². The highest BCUT2D eigenvalue weighted by Gasteiger charge is 2.03. The Morgan fingerprint density at radius 1 is 1.09 bits per heavy atom. The molecule has 0 fully saturated rings. The van der Waals surface area contributed by atoms with Crippen molar-refractivity contribution in [1.29, 1.82) is 0 Å². The number of nitrogens with zero attached hydrogens (tertiary/aromatic N) is 4. The molecule has 1 N–H and O–H groups in total. The Morgan fingerprint density at radius 2 is 1.95 bits per heavy atom. The van der Waals surface area contributed by atoms with Gasteiger partial charge in [0.25, 0.3) is 0 Å². The topological polar surface area (TPSA) is 55.6 Å². The van der Waals surface area contributed by atoms with Crippen molar-refractivity contribution in [2.75, 3.05) is 5.32 Å². The number of benzene rings is 1. The first-order valence-electron chi connectivity index (χ1n) is 6.97. The lowest BCUT2D eigenvalue weighted by molar-refractivity contribution is 0.803. The minimum Gasteiger partial charge on any atom is -0.364 e. The molecule has 0 atom stereocenters. The predicted octanol–water partition coefficient (Wildman–Crippen LogP) is 3.65. The molecule has 0 saturated carbocycles. The molecule has 3 aromatic rings. The van der Waals surface area contributed by atoms with Crippen LogP contribution in [0.5, 0.6) is 0 Å². The molecule has 1 aromatic carbocycles. The monoisotopic (exact) mass is 357 g/mol.